The summed E-state index contributed by atoms with van der Waals surface area (Å²) < 4.78 is 5.21. The summed E-state index contributed by atoms with van der Waals surface area (Å²) in [5, 5.41) is 5.01. The van der Waals surface area contributed by atoms with E-state index < -0.39 is 0 Å². The average Bonchev–Trinajstić information content (AvgIpc) is 2.90. The normalized spacial score (nSPS) is 20.4. The Morgan fingerprint density at radius 1 is 1.63 bits per heavy atom. The van der Waals surface area contributed by atoms with Crippen LogP contribution < -0.4 is 5.32 Å². The van der Waals surface area contributed by atoms with Crippen LogP contribution in [-0.4, -0.2) is 44.2 Å². The molecule has 1 saturated heterocycles. The largest absolute Gasteiger partial charge is 0.384 e. The number of amides is 1. The van der Waals surface area contributed by atoms with Gasteiger partial charge in [-0.3, -0.25) is 9.69 Å². The zero-order chi connectivity index (χ0) is 13.5. The second kappa shape index (κ2) is 7.62. The fourth-order valence-electron chi connectivity index (χ4n) is 2.52. The third-order valence-corrected chi connectivity index (χ3v) is 4.29. The quantitative estimate of drug-likeness (QED) is 0.864. The van der Waals surface area contributed by atoms with Gasteiger partial charge in [0.15, 0.2) is 0 Å². The highest BCUT2D eigenvalue weighted by Crippen LogP contribution is 2.16. The highest BCUT2D eigenvalue weighted by molar-refractivity contribution is 7.09. The van der Waals surface area contributed by atoms with Crippen molar-refractivity contribution in [2.45, 2.75) is 19.4 Å². The van der Waals surface area contributed by atoms with Gasteiger partial charge in [0.2, 0.25) is 5.91 Å². The number of carbonyl (C=O) groups is 1. The lowest BCUT2D eigenvalue weighted by Crippen LogP contribution is -2.43. The molecule has 2 heterocycles. The van der Waals surface area contributed by atoms with Gasteiger partial charge in [-0.25, -0.2) is 0 Å². The molecule has 0 spiro atoms. The minimum Gasteiger partial charge on any atom is -0.384 e. The molecule has 4 nitrogen and oxygen atoms in total. The monoisotopic (exact) mass is 282 g/mol. The van der Waals surface area contributed by atoms with Crippen molar-refractivity contribution >= 4 is 17.2 Å². The second-order valence-corrected chi connectivity index (χ2v) is 6.09. The number of rotatable bonds is 6. The molecular weight excluding hydrogens is 260 g/mol. The lowest BCUT2D eigenvalue weighted by atomic mass is 9.99. The van der Waals surface area contributed by atoms with Crippen LogP contribution in [0, 0.1) is 5.92 Å². The minimum atomic E-state index is 0.117. The molecule has 1 aromatic heterocycles. The van der Waals surface area contributed by atoms with E-state index in [0.717, 1.165) is 26.1 Å². The van der Waals surface area contributed by atoms with E-state index in [1.54, 1.807) is 18.4 Å². The van der Waals surface area contributed by atoms with Gasteiger partial charge in [-0.1, -0.05) is 6.07 Å². The highest BCUT2D eigenvalue weighted by Gasteiger charge is 2.21. The standard InChI is InChI=1S/C14H22N2O2S/c1-18-11-12-4-2-6-16(9-12)10-14(17)15-8-13-5-3-7-19-13/h3,5,7,12H,2,4,6,8-11H2,1H3,(H,15,17)/t12-/m0/s1. The first kappa shape index (κ1) is 14.5. The van der Waals surface area contributed by atoms with Crippen LogP contribution in [0.1, 0.15) is 17.7 Å². The molecule has 1 amide bonds. The predicted molar refractivity (Wildman–Crippen MR) is 77.2 cm³/mol. The lowest BCUT2D eigenvalue weighted by Gasteiger charge is -2.31. The molecule has 2 rings (SSSR count). The molecule has 1 fully saturated rings. The van der Waals surface area contributed by atoms with Crippen LogP contribution in [0.15, 0.2) is 17.5 Å². The minimum absolute atomic E-state index is 0.117. The number of nitrogens with one attached hydrogen (secondary N) is 1. The van der Waals surface area contributed by atoms with Gasteiger partial charge in [-0.05, 0) is 36.8 Å². The average molecular weight is 282 g/mol. The van der Waals surface area contributed by atoms with E-state index in [2.05, 4.69) is 10.2 Å². The Morgan fingerprint density at radius 2 is 2.53 bits per heavy atom. The molecule has 1 aliphatic heterocycles. The third-order valence-electron chi connectivity index (χ3n) is 3.41. The Morgan fingerprint density at radius 3 is 3.26 bits per heavy atom. The van der Waals surface area contributed by atoms with Crippen molar-refractivity contribution in [3.8, 4) is 0 Å². The first-order valence-corrected chi connectivity index (χ1v) is 7.66. The molecule has 19 heavy (non-hydrogen) atoms. The van der Waals surface area contributed by atoms with Crippen molar-refractivity contribution in [3.63, 3.8) is 0 Å². The summed E-state index contributed by atoms with van der Waals surface area (Å²) in [6.45, 7) is 3.94. The Kier molecular flexibility index (Phi) is 5.82. The summed E-state index contributed by atoms with van der Waals surface area (Å²) in [5.74, 6) is 0.690. The predicted octanol–water partition coefficient (Wildman–Crippen LogP) is 1.72. The van der Waals surface area contributed by atoms with Crippen molar-refractivity contribution in [1.29, 1.82) is 0 Å². The van der Waals surface area contributed by atoms with E-state index in [9.17, 15) is 4.79 Å². The van der Waals surface area contributed by atoms with Crippen LogP contribution in [0.5, 0.6) is 0 Å². The van der Waals surface area contributed by atoms with Gasteiger partial charge >= 0.3 is 0 Å². The van der Waals surface area contributed by atoms with Gasteiger partial charge in [0.05, 0.1) is 19.7 Å². The van der Waals surface area contributed by atoms with Gasteiger partial charge in [0.1, 0.15) is 0 Å². The molecule has 106 valence electrons. The maximum absolute atomic E-state index is 11.9. The topological polar surface area (TPSA) is 41.6 Å². The lowest BCUT2D eigenvalue weighted by molar-refractivity contribution is -0.122. The van der Waals surface area contributed by atoms with Gasteiger partial charge in [0.25, 0.3) is 0 Å². The molecule has 0 aromatic carbocycles. The molecule has 0 aliphatic carbocycles. The highest BCUT2D eigenvalue weighted by atomic mass is 32.1. The SMILES string of the molecule is COC[C@H]1CCCN(CC(=O)NCc2cccs2)C1. The number of nitrogens with zero attached hydrogens (tertiary/aromatic N) is 1. The number of hydrogen-bond donors (Lipinski definition) is 1. The second-order valence-electron chi connectivity index (χ2n) is 5.05. The molecule has 0 radical (unpaired) electrons. The van der Waals surface area contributed by atoms with E-state index >= 15 is 0 Å². The van der Waals surface area contributed by atoms with E-state index in [-0.39, 0.29) is 5.91 Å². The van der Waals surface area contributed by atoms with Crippen LogP contribution in [0.3, 0.4) is 0 Å². The molecule has 1 aromatic rings. The fourth-order valence-corrected chi connectivity index (χ4v) is 3.17. The maximum atomic E-state index is 11.9. The van der Waals surface area contributed by atoms with Gasteiger partial charge in [-0.2, -0.15) is 0 Å². The van der Waals surface area contributed by atoms with Crippen LogP contribution in [0.25, 0.3) is 0 Å². The number of methoxy groups -OCH3 is 1. The van der Waals surface area contributed by atoms with Gasteiger partial charge in [-0.15, -0.1) is 11.3 Å². The zero-order valence-corrected chi connectivity index (χ0v) is 12.2. The molecule has 0 unspecified atom stereocenters. The number of carbonyl (C=O) groups excluding carboxylic acids is 1. The van der Waals surface area contributed by atoms with Crippen molar-refractivity contribution in [2.24, 2.45) is 5.92 Å². The van der Waals surface area contributed by atoms with Crippen LogP contribution >= 0.6 is 11.3 Å². The fraction of sp³-hybridized carbons (Fsp3) is 0.643. The van der Waals surface area contributed by atoms with Crippen molar-refractivity contribution in [2.75, 3.05) is 33.4 Å². The van der Waals surface area contributed by atoms with Crippen LogP contribution in [-0.2, 0) is 16.1 Å². The number of ether oxygens (including phenoxy) is 1. The summed E-state index contributed by atoms with van der Waals surface area (Å²) in [6.07, 6.45) is 2.37. The van der Waals surface area contributed by atoms with Crippen molar-refractivity contribution < 1.29 is 9.53 Å². The smallest absolute Gasteiger partial charge is 0.234 e. The molecule has 1 N–H and O–H groups in total. The van der Waals surface area contributed by atoms with Crippen LogP contribution in [0.4, 0.5) is 0 Å². The van der Waals surface area contributed by atoms with E-state index in [1.165, 1.54) is 11.3 Å². The van der Waals surface area contributed by atoms with E-state index in [0.29, 0.717) is 19.0 Å². The first-order chi connectivity index (χ1) is 9.28. The Hall–Kier alpha value is -0.910. The number of piperidine rings is 1. The number of likely N-dealkylation sites (tertiary alicyclic amines) is 1. The molecular formula is C14H22N2O2S. The molecule has 0 bridgehead atoms. The van der Waals surface area contributed by atoms with Crippen molar-refractivity contribution in [1.82, 2.24) is 10.2 Å². The van der Waals surface area contributed by atoms with E-state index in [1.807, 2.05) is 17.5 Å². The number of hydrogen-bond acceptors (Lipinski definition) is 4. The first-order valence-electron chi connectivity index (χ1n) is 6.78. The summed E-state index contributed by atoms with van der Waals surface area (Å²) in [5.41, 5.74) is 0. The van der Waals surface area contributed by atoms with Gasteiger partial charge < -0.3 is 10.1 Å². The molecule has 0 saturated carbocycles. The zero-order valence-electron chi connectivity index (χ0n) is 11.4. The maximum Gasteiger partial charge on any atom is 0.234 e. The summed E-state index contributed by atoms with van der Waals surface area (Å²) in [4.78, 5) is 15.3. The Balaban J connectivity index is 1.69. The van der Waals surface area contributed by atoms with E-state index in [4.69, 9.17) is 4.74 Å². The third kappa shape index (κ3) is 4.93. The number of thiophene rings is 1. The van der Waals surface area contributed by atoms with Gasteiger partial charge in [0, 0.05) is 18.5 Å². The molecule has 1 atom stereocenters. The summed E-state index contributed by atoms with van der Waals surface area (Å²) in [7, 11) is 1.74. The summed E-state index contributed by atoms with van der Waals surface area (Å²) >= 11 is 1.67. The summed E-state index contributed by atoms with van der Waals surface area (Å²) in [6, 6.07) is 4.05. The molecule has 5 heteroatoms. The Bertz CT molecular complexity index is 379. The van der Waals surface area contributed by atoms with Crippen molar-refractivity contribution in [3.05, 3.63) is 22.4 Å². The Labute approximate surface area is 118 Å². The van der Waals surface area contributed by atoms with Crippen LogP contribution in [0.2, 0.25) is 0 Å². The molecule has 1 aliphatic rings.